The second-order valence-electron chi connectivity index (χ2n) is 9.65. The molecular formula is C28H30F3N3O3S. The molecule has 0 spiro atoms. The molecule has 0 atom stereocenters. The van der Waals surface area contributed by atoms with E-state index in [-0.39, 0.29) is 11.8 Å². The summed E-state index contributed by atoms with van der Waals surface area (Å²) in [5, 5.41) is 2.90. The van der Waals surface area contributed by atoms with Crippen LogP contribution in [0.25, 0.3) is 11.1 Å². The van der Waals surface area contributed by atoms with E-state index in [0.29, 0.717) is 48.6 Å². The van der Waals surface area contributed by atoms with Crippen LogP contribution in [0, 0.1) is 0 Å². The average molecular weight is 546 g/mol. The number of nitrogens with zero attached hydrogens (tertiary/aromatic N) is 2. The van der Waals surface area contributed by atoms with Gasteiger partial charge in [-0.3, -0.25) is 4.79 Å². The SMILES string of the molecule is CC(C)c1cccc(C(=O)Nc2ccc(N3CCN(S(C)(=O)=O)CC3)cc2)c1-c1ccc(C(F)(F)F)cc1. The number of benzene rings is 3. The zero-order valence-electron chi connectivity index (χ0n) is 21.4. The van der Waals surface area contributed by atoms with E-state index in [1.807, 2.05) is 32.0 Å². The Labute approximate surface area is 221 Å². The molecule has 0 unspecified atom stereocenters. The van der Waals surface area contributed by atoms with Gasteiger partial charge in [-0.2, -0.15) is 17.5 Å². The van der Waals surface area contributed by atoms with Gasteiger partial charge in [-0.15, -0.1) is 0 Å². The number of hydrogen-bond donors (Lipinski definition) is 1. The second kappa shape index (κ2) is 10.8. The summed E-state index contributed by atoms with van der Waals surface area (Å²) in [5.74, 6) is -0.320. The van der Waals surface area contributed by atoms with Gasteiger partial charge in [0.2, 0.25) is 10.0 Å². The fourth-order valence-electron chi connectivity index (χ4n) is 4.62. The van der Waals surface area contributed by atoms with Gasteiger partial charge in [0.25, 0.3) is 5.91 Å². The third-order valence-corrected chi connectivity index (χ3v) is 7.97. The lowest BCUT2D eigenvalue weighted by molar-refractivity contribution is -0.137. The molecule has 1 saturated heterocycles. The molecule has 1 aliphatic rings. The van der Waals surface area contributed by atoms with Crippen molar-refractivity contribution in [3.8, 4) is 11.1 Å². The molecule has 1 N–H and O–H groups in total. The van der Waals surface area contributed by atoms with E-state index in [4.69, 9.17) is 0 Å². The molecule has 1 amide bonds. The number of alkyl halides is 3. The number of hydrogen-bond acceptors (Lipinski definition) is 4. The number of piperazine rings is 1. The van der Waals surface area contributed by atoms with Crippen molar-refractivity contribution in [3.63, 3.8) is 0 Å². The molecule has 4 rings (SSSR count). The van der Waals surface area contributed by atoms with Crippen LogP contribution in [-0.2, 0) is 16.2 Å². The maximum Gasteiger partial charge on any atom is 0.416 e. The predicted molar refractivity (Wildman–Crippen MR) is 144 cm³/mol. The van der Waals surface area contributed by atoms with Gasteiger partial charge in [-0.05, 0) is 65.1 Å². The predicted octanol–water partition coefficient (Wildman–Crippen LogP) is 5.83. The van der Waals surface area contributed by atoms with Crippen molar-refractivity contribution in [2.75, 3.05) is 42.7 Å². The van der Waals surface area contributed by atoms with Crippen LogP contribution >= 0.6 is 0 Å². The molecule has 3 aromatic carbocycles. The lowest BCUT2D eigenvalue weighted by atomic mass is 9.88. The normalized spacial score (nSPS) is 15.1. The average Bonchev–Trinajstić information content (AvgIpc) is 2.88. The van der Waals surface area contributed by atoms with Crippen LogP contribution in [0.3, 0.4) is 0 Å². The largest absolute Gasteiger partial charge is 0.416 e. The Balaban J connectivity index is 1.55. The Kier molecular flexibility index (Phi) is 7.85. The van der Waals surface area contributed by atoms with Gasteiger partial charge < -0.3 is 10.2 Å². The first-order valence-electron chi connectivity index (χ1n) is 12.3. The van der Waals surface area contributed by atoms with Crippen LogP contribution in [-0.4, -0.2) is 51.1 Å². The number of anilines is 2. The van der Waals surface area contributed by atoms with E-state index in [1.165, 1.54) is 22.7 Å². The summed E-state index contributed by atoms with van der Waals surface area (Å²) in [5.41, 5.74) is 3.13. The standard InChI is InChI=1S/C28H30F3N3O3S/c1-19(2)24-5-4-6-25(26(24)20-7-9-21(10-8-20)28(29,30)31)27(35)32-22-11-13-23(14-12-22)33-15-17-34(18-16-33)38(3,36)37/h4-14,19H,15-18H2,1-3H3,(H,32,35). The quantitative estimate of drug-likeness (QED) is 0.423. The number of nitrogens with one attached hydrogen (secondary N) is 1. The maximum absolute atomic E-state index is 13.4. The number of sulfonamides is 1. The molecule has 0 aliphatic carbocycles. The molecule has 10 heteroatoms. The van der Waals surface area contributed by atoms with E-state index in [0.717, 1.165) is 23.4 Å². The Morgan fingerprint density at radius 1 is 0.895 bits per heavy atom. The van der Waals surface area contributed by atoms with Crippen LogP contribution in [0.15, 0.2) is 66.7 Å². The molecule has 0 saturated carbocycles. The van der Waals surface area contributed by atoms with Crippen LogP contribution in [0.5, 0.6) is 0 Å². The van der Waals surface area contributed by atoms with Crippen molar-refractivity contribution in [3.05, 3.63) is 83.4 Å². The smallest absolute Gasteiger partial charge is 0.369 e. The van der Waals surface area contributed by atoms with E-state index in [1.54, 1.807) is 24.3 Å². The van der Waals surface area contributed by atoms with Crippen molar-refractivity contribution in [2.24, 2.45) is 0 Å². The summed E-state index contributed by atoms with van der Waals surface area (Å²) in [6.07, 6.45) is -3.23. The number of carbonyl (C=O) groups is 1. The monoisotopic (exact) mass is 545 g/mol. The van der Waals surface area contributed by atoms with Gasteiger partial charge >= 0.3 is 6.18 Å². The Morgan fingerprint density at radius 3 is 2.03 bits per heavy atom. The first-order valence-corrected chi connectivity index (χ1v) is 14.1. The molecule has 0 radical (unpaired) electrons. The van der Waals surface area contributed by atoms with Gasteiger partial charge in [-0.1, -0.05) is 38.1 Å². The molecule has 6 nitrogen and oxygen atoms in total. The maximum atomic E-state index is 13.4. The van der Waals surface area contributed by atoms with Crippen LogP contribution in [0.1, 0.15) is 41.3 Å². The van der Waals surface area contributed by atoms with E-state index in [2.05, 4.69) is 10.2 Å². The van der Waals surface area contributed by atoms with Gasteiger partial charge in [0.15, 0.2) is 0 Å². The minimum atomic E-state index is -4.44. The Hall–Kier alpha value is -3.37. The highest BCUT2D eigenvalue weighted by molar-refractivity contribution is 7.88. The third kappa shape index (κ3) is 6.19. The van der Waals surface area contributed by atoms with E-state index >= 15 is 0 Å². The van der Waals surface area contributed by atoms with Gasteiger partial charge in [-0.25, -0.2) is 8.42 Å². The molecule has 0 aromatic heterocycles. The van der Waals surface area contributed by atoms with Crippen LogP contribution in [0.4, 0.5) is 24.5 Å². The highest BCUT2D eigenvalue weighted by Crippen LogP contribution is 2.36. The molecule has 1 aliphatic heterocycles. The van der Waals surface area contributed by atoms with Crippen LogP contribution < -0.4 is 10.2 Å². The summed E-state index contributed by atoms with van der Waals surface area (Å²) in [7, 11) is -3.21. The lowest BCUT2D eigenvalue weighted by Gasteiger charge is -2.34. The highest BCUT2D eigenvalue weighted by Gasteiger charge is 2.30. The second-order valence-corrected chi connectivity index (χ2v) is 11.6. The van der Waals surface area contributed by atoms with E-state index in [9.17, 15) is 26.4 Å². The van der Waals surface area contributed by atoms with Crippen molar-refractivity contribution < 1.29 is 26.4 Å². The molecule has 1 fully saturated rings. The van der Waals surface area contributed by atoms with Gasteiger partial charge in [0.1, 0.15) is 0 Å². The zero-order valence-corrected chi connectivity index (χ0v) is 22.2. The summed E-state index contributed by atoms with van der Waals surface area (Å²) < 4.78 is 64.2. The van der Waals surface area contributed by atoms with Gasteiger partial charge in [0, 0.05) is 43.1 Å². The Morgan fingerprint density at radius 2 is 1.50 bits per heavy atom. The molecule has 1 heterocycles. The lowest BCUT2D eigenvalue weighted by Crippen LogP contribution is -2.48. The van der Waals surface area contributed by atoms with Crippen molar-refractivity contribution in [1.82, 2.24) is 4.31 Å². The van der Waals surface area contributed by atoms with Gasteiger partial charge in [0.05, 0.1) is 11.8 Å². The summed E-state index contributed by atoms with van der Waals surface area (Å²) in [4.78, 5) is 15.4. The van der Waals surface area contributed by atoms with Crippen LogP contribution in [0.2, 0.25) is 0 Å². The summed E-state index contributed by atoms with van der Waals surface area (Å²) in [6, 6.07) is 17.5. The highest BCUT2D eigenvalue weighted by atomic mass is 32.2. The fraction of sp³-hybridized carbons (Fsp3) is 0.321. The number of amides is 1. The molecule has 3 aromatic rings. The van der Waals surface area contributed by atoms with Crippen molar-refractivity contribution in [1.29, 1.82) is 0 Å². The minimum Gasteiger partial charge on any atom is -0.369 e. The minimum absolute atomic E-state index is 0.0440. The molecule has 38 heavy (non-hydrogen) atoms. The first kappa shape index (κ1) is 27.7. The summed E-state index contributed by atoms with van der Waals surface area (Å²) >= 11 is 0. The molecule has 0 bridgehead atoms. The molecular weight excluding hydrogens is 515 g/mol. The third-order valence-electron chi connectivity index (χ3n) is 6.66. The summed E-state index contributed by atoms with van der Waals surface area (Å²) in [6.45, 7) is 5.90. The topological polar surface area (TPSA) is 69.7 Å². The number of rotatable bonds is 6. The van der Waals surface area contributed by atoms with Crippen molar-refractivity contribution in [2.45, 2.75) is 25.9 Å². The first-order chi connectivity index (χ1) is 17.8. The molecule has 202 valence electrons. The Bertz CT molecular complexity index is 1400. The number of carbonyl (C=O) groups excluding carboxylic acids is 1. The van der Waals surface area contributed by atoms with Crippen molar-refractivity contribution >= 4 is 27.3 Å². The number of halogens is 3. The fourth-order valence-corrected chi connectivity index (χ4v) is 5.45. The zero-order chi connectivity index (χ0) is 27.7. The van der Waals surface area contributed by atoms with E-state index < -0.39 is 21.8 Å².